The maximum absolute atomic E-state index is 12.0. The van der Waals surface area contributed by atoms with Crippen molar-refractivity contribution < 1.29 is 9.59 Å². The van der Waals surface area contributed by atoms with Crippen LogP contribution >= 0.6 is 0 Å². The highest BCUT2D eigenvalue weighted by atomic mass is 16.2. The molecule has 5 N–H and O–H groups in total. The molecule has 0 aliphatic heterocycles. The maximum Gasteiger partial charge on any atom is 0.315 e. The molecule has 1 heterocycles. The van der Waals surface area contributed by atoms with Crippen molar-refractivity contribution in [2.45, 2.75) is 13.1 Å². The van der Waals surface area contributed by atoms with Gasteiger partial charge in [0, 0.05) is 36.7 Å². The van der Waals surface area contributed by atoms with Gasteiger partial charge in [0.2, 0.25) is 5.91 Å². The average molecular weight is 390 g/mol. The molecule has 0 aliphatic rings. The summed E-state index contributed by atoms with van der Waals surface area (Å²) in [6, 6.07) is 16.1. The van der Waals surface area contributed by atoms with Crippen LogP contribution in [0.4, 0.5) is 10.5 Å². The normalized spacial score (nSPS) is 10.2. The summed E-state index contributed by atoms with van der Waals surface area (Å²) in [5.74, 6) is 0.342. The molecule has 0 atom stereocenters. The largest absolute Gasteiger partial charge is 0.399 e. The number of aromatic nitrogens is 2. The second-order valence-electron chi connectivity index (χ2n) is 6.33. The molecule has 0 spiro atoms. The van der Waals surface area contributed by atoms with Gasteiger partial charge in [-0.15, -0.1) is 0 Å². The Balaban J connectivity index is 1.41. The molecule has 0 radical (unpaired) electrons. The standard InChI is InChI=1S/C21H22N6O2/c22-18-7-5-15(6-8-18)12-26-21(29)27-14-19(28)25-13-16-3-1-4-17(11-16)20-23-9-2-10-24-20/h1-11H,12-14,22H2,(H,25,28)(H2,26,27,29). The van der Waals surface area contributed by atoms with Crippen molar-refractivity contribution in [1.29, 1.82) is 0 Å². The van der Waals surface area contributed by atoms with Crippen molar-refractivity contribution in [2.75, 3.05) is 12.3 Å². The zero-order valence-electron chi connectivity index (χ0n) is 15.8. The predicted molar refractivity (Wildman–Crippen MR) is 110 cm³/mol. The molecule has 3 rings (SSSR count). The number of nitrogens with one attached hydrogen (secondary N) is 3. The van der Waals surface area contributed by atoms with Crippen molar-refractivity contribution in [3.05, 3.63) is 78.1 Å². The first-order chi connectivity index (χ1) is 14.1. The smallest absolute Gasteiger partial charge is 0.315 e. The molecule has 0 fully saturated rings. The summed E-state index contributed by atoms with van der Waals surface area (Å²) in [6.45, 7) is 0.575. The number of benzene rings is 2. The molecular formula is C21H22N6O2. The highest BCUT2D eigenvalue weighted by Crippen LogP contribution is 2.15. The Morgan fingerprint density at radius 2 is 1.55 bits per heavy atom. The Morgan fingerprint density at radius 3 is 2.31 bits per heavy atom. The van der Waals surface area contributed by atoms with Crippen LogP contribution in [0.5, 0.6) is 0 Å². The average Bonchev–Trinajstić information content (AvgIpc) is 2.76. The fraction of sp³-hybridized carbons (Fsp3) is 0.143. The molecule has 0 bridgehead atoms. The summed E-state index contributed by atoms with van der Waals surface area (Å²) < 4.78 is 0. The van der Waals surface area contributed by atoms with E-state index in [0.717, 1.165) is 16.7 Å². The van der Waals surface area contributed by atoms with E-state index in [1.807, 2.05) is 36.4 Å². The van der Waals surface area contributed by atoms with Gasteiger partial charge in [0.1, 0.15) is 0 Å². The molecule has 148 valence electrons. The number of hydrogen-bond donors (Lipinski definition) is 4. The lowest BCUT2D eigenvalue weighted by Gasteiger charge is -2.09. The van der Waals surface area contributed by atoms with Crippen molar-refractivity contribution in [3.63, 3.8) is 0 Å². The molecule has 0 saturated heterocycles. The number of nitrogens with two attached hydrogens (primary N) is 1. The van der Waals surface area contributed by atoms with Crippen LogP contribution < -0.4 is 21.7 Å². The minimum atomic E-state index is -0.416. The third-order valence-corrected chi connectivity index (χ3v) is 4.08. The first kappa shape index (κ1) is 19.8. The van der Waals surface area contributed by atoms with Gasteiger partial charge in [-0.1, -0.05) is 30.3 Å². The summed E-state index contributed by atoms with van der Waals surface area (Å²) >= 11 is 0. The molecule has 3 amide bonds. The van der Waals surface area contributed by atoms with Gasteiger partial charge in [0.25, 0.3) is 0 Å². The molecule has 1 aromatic heterocycles. The molecule has 3 aromatic rings. The van der Waals surface area contributed by atoms with Crippen LogP contribution in [0.2, 0.25) is 0 Å². The zero-order valence-corrected chi connectivity index (χ0v) is 15.8. The number of amides is 3. The Kier molecular flexibility index (Phi) is 6.72. The third-order valence-electron chi connectivity index (χ3n) is 4.08. The molecular weight excluding hydrogens is 368 g/mol. The van der Waals surface area contributed by atoms with E-state index in [9.17, 15) is 9.59 Å². The minimum Gasteiger partial charge on any atom is -0.399 e. The lowest BCUT2D eigenvalue weighted by molar-refractivity contribution is -0.120. The van der Waals surface area contributed by atoms with Gasteiger partial charge in [-0.25, -0.2) is 14.8 Å². The number of rotatable bonds is 7. The monoisotopic (exact) mass is 390 g/mol. The number of urea groups is 1. The Morgan fingerprint density at radius 1 is 0.828 bits per heavy atom. The van der Waals surface area contributed by atoms with Gasteiger partial charge in [-0.05, 0) is 35.4 Å². The molecule has 8 heteroatoms. The van der Waals surface area contributed by atoms with E-state index in [4.69, 9.17) is 5.73 Å². The lowest BCUT2D eigenvalue weighted by Crippen LogP contribution is -2.41. The van der Waals surface area contributed by atoms with Crippen molar-refractivity contribution >= 4 is 17.6 Å². The number of carbonyl (C=O) groups is 2. The van der Waals surface area contributed by atoms with E-state index in [-0.39, 0.29) is 12.5 Å². The summed E-state index contributed by atoms with van der Waals surface area (Å²) in [5.41, 5.74) is 8.99. The van der Waals surface area contributed by atoms with E-state index in [1.165, 1.54) is 0 Å². The molecule has 8 nitrogen and oxygen atoms in total. The van der Waals surface area contributed by atoms with E-state index in [2.05, 4.69) is 25.9 Å². The summed E-state index contributed by atoms with van der Waals surface area (Å²) in [7, 11) is 0. The Bertz CT molecular complexity index is 960. The topological polar surface area (TPSA) is 122 Å². The van der Waals surface area contributed by atoms with Crippen molar-refractivity contribution in [2.24, 2.45) is 0 Å². The highest BCUT2D eigenvalue weighted by Gasteiger charge is 2.06. The zero-order chi connectivity index (χ0) is 20.5. The van der Waals surface area contributed by atoms with Crippen molar-refractivity contribution in [1.82, 2.24) is 25.9 Å². The van der Waals surface area contributed by atoms with Gasteiger partial charge in [-0.3, -0.25) is 4.79 Å². The quantitative estimate of drug-likeness (QED) is 0.459. The summed E-state index contributed by atoms with van der Waals surface area (Å²) in [5, 5.41) is 8.00. The van der Waals surface area contributed by atoms with Gasteiger partial charge >= 0.3 is 6.03 Å². The van der Waals surface area contributed by atoms with Crippen LogP contribution in [0, 0.1) is 0 Å². The number of carbonyl (C=O) groups excluding carboxylic acids is 2. The van der Waals surface area contributed by atoms with Crippen LogP contribution in [0.15, 0.2) is 67.0 Å². The fourth-order valence-electron chi connectivity index (χ4n) is 2.57. The summed E-state index contributed by atoms with van der Waals surface area (Å²) in [4.78, 5) is 32.3. The van der Waals surface area contributed by atoms with E-state index in [1.54, 1.807) is 30.6 Å². The second kappa shape index (κ2) is 9.84. The lowest BCUT2D eigenvalue weighted by atomic mass is 10.1. The van der Waals surface area contributed by atoms with Crippen LogP contribution in [0.3, 0.4) is 0 Å². The Hall–Kier alpha value is -3.94. The minimum absolute atomic E-state index is 0.116. The van der Waals surface area contributed by atoms with Gasteiger partial charge < -0.3 is 21.7 Å². The first-order valence-electron chi connectivity index (χ1n) is 9.09. The van der Waals surface area contributed by atoms with Crippen molar-refractivity contribution in [3.8, 4) is 11.4 Å². The summed E-state index contributed by atoms with van der Waals surface area (Å²) in [6.07, 6.45) is 3.36. The fourth-order valence-corrected chi connectivity index (χ4v) is 2.57. The number of nitrogens with zero attached hydrogens (tertiary/aromatic N) is 2. The Labute approximate surface area is 168 Å². The van der Waals surface area contributed by atoms with Crippen LogP contribution in [0.25, 0.3) is 11.4 Å². The second-order valence-corrected chi connectivity index (χ2v) is 6.33. The first-order valence-corrected chi connectivity index (χ1v) is 9.09. The van der Waals surface area contributed by atoms with Crippen LogP contribution in [-0.2, 0) is 17.9 Å². The number of anilines is 1. The SMILES string of the molecule is Nc1ccc(CNC(=O)NCC(=O)NCc2cccc(-c3ncccn3)c2)cc1. The number of hydrogen-bond acceptors (Lipinski definition) is 5. The number of nitrogen functional groups attached to an aromatic ring is 1. The molecule has 0 saturated carbocycles. The predicted octanol–water partition coefficient (Wildman–Crippen LogP) is 1.84. The van der Waals surface area contributed by atoms with E-state index in [0.29, 0.717) is 24.6 Å². The third kappa shape index (κ3) is 6.31. The van der Waals surface area contributed by atoms with E-state index < -0.39 is 6.03 Å². The van der Waals surface area contributed by atoms with Gasteiger partial charge in [0.15, 0.2) is 5.82 Å². The maximum atomic E-state index is 12.0. The van der Waals surface area contributed by atoms with Crippen LogP contribution in [0.1, 0.15) is 11.1 Å². The highest BCUT2D eigenvalue weighted by molar-refractivity contribution is 5.83. The molecule has 0 unspecified atom stereocenters. The van der Waals surface area contributed by atoms with Crippen LogP contribution in [-0.4, -0.2) is 28.5 Å². The van der Waals surface area contributed by atoms with Gasteiger partial charge in [-0.2, -0.15) is 0 Å². The molecule has 2 aromatic carbocycles. The van der Waals surface area contributed by atoms with Gasteiger partial charge in [0.05, 0.1) is 6.54 Å². The molecule has 0 aliphatic carbocycles. The van der Waals surface area contributed by atoms with E-state index >= 15 is 0 Å². The molecule has 29 heavy (non-hydrogen) atoms.